The Morgan fingerprint density at radius 3 is 2.21 bits per heavy atom. The second-order valence-electron chi connectivity index (χ2n) is 2.50. The van der Waals surface area contributed by atoms with Crippen LogP contribution in [0.5, 0.6) is 0 Å². The van der Waals surface area contributed by atoms with Gasteiger partial charge in [0.2, 0.25) is 0 Å². The molecule has 1 nitrogen and oxygen atoms in total. The van der Waals surface area contributed by atoms with Crippen LogP contribution in [0, 0.1) is 0 Å². The van der Waals surface area contributed by atoms with E-state index in [1.165, 1.54) is 12.1 Å². The zero-order valence-corrected chi connectivity index (χ0v) is 8.19. The van der Waals surface area contributed by atoms with E-state index in [0.29, 0.717) is 0 Å². The van der Waals surface area contributed by atoms with Crippen molar-refractivity contribution < 1.29 is 13.2 Å². The second-order valence-corrected chi connectivity index (χ2v) is 3.64. The molecule has 0 spiro atoms. The fraction of sp³-hybridized carbons (Fsp3) is 0.222. The lowest BCUT2D eigenvalue weighted by Gasteiger charge is -2.04. The van der Waals surface area contributed by atoms with Crippen LogP contribution in [0.3, 0.4) is 0 Å². The van der Waals surface area contributed by atoms with Gasteiger partial charge in [-0.1, -0.05) is 12.1 Å². The molecule has 0 N–H and O–H groups in total. The molecule has 0 fully saturated rings. The van der Waals surface area contributed by atoms with Crippen LogP contribution >= 0.6 is 11.8 Å². The second kappa shape index (κ2) is 4.50. The van der Waals surface area contributed by atoms with Crippen LogP contribution in [0.25, 0.3) is 0 Å². The van der Waals surface area contributed by atoms with Crippen molar-refractivity contribution in [1.82, 2.24) is 0 Å². The first-order valence-corrected chi connectivity index (χ1v) is 4.61. The van der Waals surface area contributed by atoms with E-state index < -0.39 is 5.51 Å². The molecule has 1 rings (SSSR count). The summed E-state index contributed by atoms with van der Waals surface area (Å²) >= 11 is -0.117. The van der Waals surface area contributed by atoms with E-state index in [0.717, 1.165) is 5.56 Å². The van der Waals surface area contributed by atoms with Crippen molar-refractivity contribution in [3.63, 3.8) is 0 Å². The van der Waals surface area contributed by atoms with E-state index in [4.69, 9.17) is 0 Å². The Kier molecular flexibility index (Phi) is 3.57. The van der Waals surface area contributed by atoms with Crippen LogP contribution in [-0.4, -0.2) is 18.8 Å². The maximum Gasteiger partial charge on any atom is 0.446 e. The van der Waals surface area contributed by atoms with E-state index in [2.05, 4.69) is 4.99 Å². The Balaban J connectivity index is 2.74. The third-order valence-corrected chi connectivity index (χ3v) is 2.13. The number of thioether (sulfide) groups is 1. The molecule has 0 saturated carbocycles. The summed E-state index contributed by atoms with van der Waals surface area (Å²) in [4.78, 5) is 3.94. The highest BCUT2D eigenvalue weighted by molar-refractivity contribution is 8.00. The van der Waals surface area contributed by atoms with Crippen molar-refractivity contribution in [2.45, 2.75) is 10.4 Å². The molecule has 0 atom stereocenters. The largest absolute Gasteiger partial charge is 0.446 e. The van der Waals surface area contributed by atoms with Crippen molar-refractivity contribution in [2.24, 2.45) is 4.99 Å². The summed E-state index contributed by atoms with van der Waals surface area (Å²) < 4.78 is 35.8. The molecule has 76 valence electrons. The standard InChI is InChI=1S/C9H8F3NS/c1-13-6-7-2-4-8(5-3-7)14-9(10,11)12/h2-6H,1H3. The van der Waals surface area contributed by atoms with Crippen molar-refractivity contribution in [2.75, 3.05) is 7.05 Å². The lowest BCUT2D eigenvalue weighted by atomic mass is 10.2. The Morgan fingerprint density at radius 1 is 1.21 bits per heavy atom. The normalized spacial score (nSPS) is 12.3. The maximum absolute atomic E-state index is 11.9. The first-order valence-electron chi connectivity index (χ1n) is 3.79. The van der Waals surface area contributed by atoms with Crippen LogP contribution in [-0.2, 0) is 0 Å². The van der Waals surface area contributed by atoms with Crippen molar-refractivity contribution >= 4 is 18.0 Å². The molecule has 0 aliphatic heterocycles. The number of alkyl halides is 3. The van der Waals surface area contributed by atoms with Gasteiger partial charge in [0.05, 0.1) is 0 Å². The lowest BCUT2D eigenvalue weighted by Crippen LogP contribution is -1.98. The molecule has 0 aromatic heterocycles. The zero-order chi connectivity index (χ0) is 10.6. The van der Waals surface area contributed by atoms with Crippen molar-refractivity contribution in [1.29, 1.82) is 0 Å². The van der Waals surface area contributed by atoms with E-state index in [9.17, 15) is 13.2 Å². The molecule has 0 saturated heterocycles. The Morgan fingerprint density at radius 2 is 1.79 bits per heavy atom. The predicted molar refractivity (Wildman–Crippen MR) is 51.9 cm³/mol. The SMILES string of the molecule is CN=Cc1ccc(SC(F)(F)F)cc1. The quantitative estimate of drug-likeness (QED) is 0.549. The van der Waals surface area contributed by atoms with Gasteiger partial charge < -0.3 is 0 Å². The van der Waals surface area contributed by atoms with Crippen molar-refractivity contribution in [3.05, 3.63) is 29.8 Å². The zero-order valence-electron chi connectivity index (χ0n) is 7.38. The molecule has 0 unspecified atom stereocenters. The Labute approximate surface area is 84.0 Å². The number of hydrogen-bond donors (Lipinski definition) is 0. The molecule has 0 aliphatic carbocycles. The van der Waals surface area contributed by atoms with E-state index in [1.807, 2.05) is 0 Å². The fourth-order valence-corrected chi connectivity index (χ4v) is 1.44. The van der Waals surface area contributed by atoms with Gasteiger partial charge in [-0.2, -0.15) is 13.2 Å². The van der Waals surface area contributed by atoms with Crippen LogP contribution in [0.2, 0.25) is 0 Å². The van der Waals surface area contributed by atoms with Crippen LogP contribution < -0.4 is 0 Å². The summed E-state index contributed by atoms with van der Waals surface area (Å²) in [6, 6.07) is 6.05. The number of halogens is 3. The number of benzene rings is 1. The van der Waals surface area contributed by atoms with Crippen LogP contribution in [0.4, 0.5) is 13.2 Å². The van der Waals surface area contributed by atoms with Gasteiger partial charge in [0.25, 0.3) is 0 Å². The smallest absolute Gasteiger partial charge is 0.296 e. The first kappa shape index (κ1) is 11.1. The minimum atomic E-state index is -4.22. The van der Waals surface area contributed by atoms with Gasteiger partial charge in [-0.25, -0.2) is 0 Å². The average molecular weight is 219 g/mol. The minimum Gasteiger partial charge on any atom is -0.296 e. The van der Waals surface area contributed by atoms with Crippen LogP contribution in [0.15, 0.2) is 34.2 Å². The molecule has 0 aliphatic rings. The first-order chi connectivity index (χ1) is 6.51. The molecule has 0 amide bonds. The maximum atomic E-state index is 11.9. The monoisotopic (exact) mass is 219 g/mol. The number of nitrogens with zero attached hydrogens (tertiary/aromatic N) is 1. The summed E-state index contributed by atoms with van der Waals surface area (Å²) in [6.45, 7) is 0. The van der Waals surface area contributed by atoms with Gasteiger partial charge in [0.1, 0.15) is 0 Å². The summed E-state index contributed by atoms with van der Waals surface area (Å²) in [7, 11) is 1.61. The van der Waals surface area contributed by atoms with E-state index in [1.54, 1.807) is 25.4 Å². The molecular formula is C9H8F3NS. The topological polar surface area (TPSA) is 12.4 Å². The molecular weight excluding hydrogens is 211 g/mol. The number of hydrogen-bond acceptors (Lipinski definition) is 2. The molecule has 1 aromatic carbocycles. The molecule has 0 bridgehead atoms. The highest BCUT2D eigenvalue weighted by Gasteiger charge is 2.28. The minimum absolute atomic E-state index is 0.117. The summed E-state index contributed by atoms with van der Waals surface area (Å²) in [5, 5.41) is 0. The summed E-state index contributed by atoms with van der Waals surface area (Å²) in [5.74, 6) is 0. The molecule has 0 radical (unpaired) electrons. The van der Waals surface area contributed by atoms with Gasteiger partial charge in [-0.3, -0.25) is 4.99 Å². The van der Waals surface area contributed by atoms with Crippen LogP contribution in [0.1, 0.15) is 5.56 Å². The third kappa shape index (κ3) is 3.83. The number of rotatable bonds is 2. The predicted octanol–water partition coefficient (Wildman–Crippen LogP) is 3.35. The number of aliphatic imine (C=N–C) groups is 1. The highest BCUT2D eigenvalue weighted by atomic mass is 32.2. The average Bonchev–Trinajstić information content (AvgIpc) is 2.06. The van der Waals surface area contributed by atoms with Gasteiger partial charge in [-0.05, 0) is 29.5 Å². The van der Waals surface area contributed by atoms with Gasteiger partial charge in [0.15, 0.2) is 0 Å². The summed E-state index contributed by atoms with van der Waals surface area (Å²) in [5.41, 5.74) is -3.43. The lowest BCUT2D eigenvalue weighted by molar-refractivity contribution is -0.0328. The van der Waals surface area contributed by atoms with E-state index >= 15 is 0 Å². The Hall–Kier alpha value is -0.970. The molecule has 1 aromatic rings. The van der Waals surface area contributed by atoms with Gasteiger partial charge >= 0.3 is 5.51 Å². The molecule has 0 heterocycles. The molecule has 5 heteroatoms. The van der Waals surface area contributed by atoms with E-state index in [-0.39, 0.29) is 16.7 Å². The summed E-state index contributed by atoms with van der Waals surface area (Å²) in [6.07, 6.45) is 1.59. The Bertz CT molecular complexity index is 316. The van der Waals surface area contributed by atoms with Gasteiger partial charge in [0, 0.05) is 18.2 Å². The fourth-order valence-electron chi connectivity index (χ4n) is 0.905. The highest BCUT2D eigenvalue weighted by Crippen LogP contribution is 2.36. The third-order valence-electron chi connectivity index (χ3n) is 1.39. The molecule has 14 heavy (non-hydrogen) atoms. The van der Waals surface area contributed by atoms with Crippen molar-refractivity contribution in [3.8, 4) is 0 Å². The van der Waals surface area contributed by atoms with Gasteiger partial charge in [-0.15, -0.1) is 0 Å².